The van der Waals surface area contributed by atoms with E-state index in [0.29, 0.717) is 12.0 Å². The Kier molecular flexibility index (Phi) is 5.08. The molecular weight excluding hydrogens is 238 g/mol. The summed E-state index contributed by atoms with van der Waals surface area (Å²) in [5.41, 5.74) is 1.28. The average molecular weight is 263 g/mol. The zero-order chi connectivity index (χ0) is 13.7. The van der Waals surface area contributed by atoms with Crippen molar-refractivity contribution in [1.82, 2.24) is 5.32 Å². The predicted molar refractivity (Wildman–Crippen MR) is 77.9 cm³/mol. The van der Waals surface area contributed by atoms with Crippen LogP contribution < -0.4 is 14.8 Å². The molecule has 1 heterocycles. The van der Waals surface area contributed by atoms with Crippen LogP contribution in [0.1, 0.15) is 45.2 Å². The zero-order valence-electron chi connectivity index (χ0n) is 12.2. The predicted octanol–water partition coefficient (Wildman–Crippen LogP) is 3.54. The lowest BCUT2D eigenvalue weighted by Gasteiger charge is -2.23. The average Bonchev–Trinajstić information content (AvgIpc) is 2.63. The van der Waals surface area contributed by atoms with Gasteiger partial charge in [-0.2, -0.15) is 0 Å². The molecule has 1 aliphatic rings. The highest BCUT2D eigenvalue weighted by atomic mass is 16.5. The normalized spacial score (nSPS) is 16.2. The molecule has 1 atom stereocenters. The summed E-state index contributed by atoms with van der Waals surface area (Å²) in [5, 5.41) is 3.61. The Morgan fingerprint density at radius 3 is 2.58 bits per heavy atom. The summed E-state index contributed by atoms with van der Waals surface area (Å²) in [6.07, 6.45) is 2.10. The number of ether oxygens (including phenoxy) is 2. The van der Waals surface area contributed by atoms with E-state index in [1.54, 1.807) is 0 Å². The third-order valence-corrected chi connectivity index (χ3v) is 3.41. The van der Waals surface area contributed by atoms with Crippen LogP contribution in [0, 0.1) is 5.92 Å². The molecule has 3 nitrogen and oxygen atoms in total. The van der Waals surface area contributed by atoms with Crippen LogP contribution in [0.25, 0.3) is 0 Å². The first-order valence-electron chi connectivity index (χ1n) is 7.35. The Morgan fingerprint density at radius 2 is 1.89 bits per heavy atom. The van der Waals surface area contributed by atoms with Crippen LogP contribution in [0.5, 0.6) is 11.5 Å². The maximum Gasteiger partial charge on any atom is 0.161 e. The third-order valence-electron chi connectivity index (χ3n) is 3.41. The van der Waals surface area contributed by atoms with Crippen molar-refractivity contribution in [1.29, 1.82) is 0 Å². The smallest absolute Gasteiger partial charge is 0.161 e. The largest absolute Gasteiger partial charge is 0.490 e. The second-order valence-corrected chi connectivity index (χ2v) is 5.43. The Bertz CT molecular complexity index is 404. The van der Waals surface area contributed by atoms with Gasteiger partial charge in [0.15, 0.2) is 11.5 Å². The lowest BCUT2D eigenvalue weighted by atomic mass is 9.95. The summed E-state index contributed by atoms with van der Waals surface area (Å²) in [6, 6.07) is 6.70. The monoisotopic (exact) mass is 263 g/mol. The molecule has 106 valence electrons. The molecule has 3 heteroatoms. The fourth-order valence-electron chi connectivity index (χ4n) is 2.41. The lowest BCUT2D eigenvalue weighted by molar-refractivity contribution is 0.296. The van der Waals surface area contributed by atoms with Crippen molar-refractivity contribution in [2.24, 2.45) is 5.92 Å². The van der Waals surface area contributed by atoms with E-state index in [-0.39, 0.29) is 0 Å². The van der Waals surface area contributed by atoms with Crippen molar-refractivity contribution in [3.8, 4) is 11.5 Å². The number of fused-ring (bicyclic) bond motifs is 1. The van der Waals surface area contributed by atoms with Crippen molar-refractivity contribution in [3.05, 3.63) is 23.8 Å². The summed E-state index contributed by atoms with van der Waals surface area (Å²) in [6.45, 7) is 9.21. The standard InChI is InChI=1S/C16H25NO2/c1-4-8-17-16(12(2)3)13-6-7-14-15(11-13)19-10-5-9-18-14/h6-7,11-12,16-17H,4-5,8-10H2,1-3H3. The minimum atomic E-state index is 0.372. The summed E-state index contributed by atoms with van der Waals surface area (Å²) in [4.78, 5) is 0. The van der Waals surface area contributed by atoms with Crippen molar-refractivity contribution in [2.45, 2.75) is 39.7 Å². The number of benzene rings is 1. The van der Waals surface area contributed by atoms with Gasteiger partial charge in [0.05, 0.1) is 13.2 Å². The minimum Gasteiger partial charge on any atom is -0.490 e. The molecule has 1 aromatic rings. The summed E-state index contributed by atoms with van der Waals surface area (Å²) in [5.74, 6) is 2.31. The van der Waals surface area contributed by atoms with Crippen LogP contribution in [0.15, 0.2) is 18.2 Å². The molecular formula is C16H25NO2. The van der Waals surface area contributed by atoms with Crippen LogP contribution >= 0.6 is 0 Å². The lowest BCUT2D eigenvalue weighted by Crippen LogP contribution is -2.26. The highest BCUT2D eigenvalue weighted by molar-refractivity contribution is 5.44. The van der Waals surface area contributed by atoms with Crippen molar-refractivity contribution in [2.75, 3.05) is 19.8 Å². The fraction of sp³-hybridized carbons (Fsp3) is 0.625. The van der Waals surface area contributed by atoms with E-state index >= 15 is 0 Å². The Hall–Kier alpha value is -1.22. The quantitative estimate of drug-likeness (QED) is 0.881. The van der Waals surface area contributed by atoms with E-state index in [1.165, 1.54) is 5.56 Å². The molecule has 2 rings (SSSR count). The molecule has 1 aromatic carbocycles. The first-order chi connectivity index (χ1) is 9.22. The van der Waals surface area contributed by atoms with Crippen molar-refractivity contribution < 1.29 is 9.47 Å². The van der Waals surface area contributed by atoms with E-state index in [9.17, 15) is 0 Å². The van der Waals surface area contributed by atoms with Gasteiger partial charge in [0.2, 0.25) is 0 Å². The van der Waals surface area contributed by atoms with Gasteiger partial charge in [0.1, 0.15) is 0 Å². The van der Waals surface area contributed by atoms with E-state index in [4.69, 9.17) is 9.47 Å². The van der Waals surface area contributed by atoms with E-state index < -0.39 is 0 Å². The van der Waals surface area contributed by atoms with E-state index in [0.717, 1.165) is 44.1 Å². The molecule has 0 aromatic heterocycles. The number of nitrogens with one attached hydrogen (secondary N) is 1. The van der Waals surface area contributed by atoms with Gasteiger partial charge >= 0.3 is 0 Å². The van der Waals surface area contributed by atoms with Gasteiger partial charge in [0, 0.05) is 12.5 Å². The van der Waals surface area contributed by atoms with Gasteiger partial charge in [-0.3, -0.25) is 0 Å². The molecule has 1 unspecified atom stereocenters. The number of hydrogen-bond acceptors (Lipinski definition) is 3. The minimum absolute atomic E-state index is 0.372. The molecule has 1 N–H and O–H groups in total. The Balaban J connectivity index is 2.20. The highest BCUT2D eigenvalue weighted by Crippen LogP contribution is 2.34. The van der Waals surface area contributed by atoms with Gasteiger partial charge in [0.25, 0.3) is 0 Å². The zero-order valence-corrected chi connectivity index (χ0v) is 12.2. The molecule has 0 saturated heterocycles. The van der Waals surface area contributed by atoms with Gasteiger partial charge < -0.3 is 14.8 Å². The Labute approximate surface area is 116 Å². The SMILES string of the molecule is CCCNC(c1ccc2c(c1)OCCCO2)C(C)C. The van der Waals surface area contributed by atoms with Gasteiger partial charge in [-0.15, -0.1) is 0 Å². The highest BCUT2D eigenvalue weighted by Gasteiger charge is 2.18. The second-order valence-electron chi connectivity index (χ2n) is 5.43. The first kappa shape index (κ1) is 14.2. The first-order valence-corrected chi connectivity index (χ1v) is 7.35. The maximum atomic E-state index is 5.77. The molecule has 1 aliphatic heterocycles. The molecule has 0 amide bonds. The van der Waals surface area contributed by atoms with Crippen molar-refractivity contribution >= 4 is 0 Å². The van der Waals surface area contributed by atoms with Crippen molar-refractivity contribution in [3.63, 3.8) is 0 Å². The van der Waals surface area contributed by atoms with Gasteiger partial charge in [-0.1, -0.05) is 26.8 Å². The van der Waals surface area contributed by atoms with Crippen LogP contribution in [0.2, 0.25) is 0 Å². The fourth-order valence-corrected chi connectivity index (χ4v) is 2.41. The summed E-state index contributed by atoms with van der Waals surface area (Å²) in [7, 11) is 0. The molecule has 0 aliphatic carbocycles. The van der Waals surface area contributed by atoms with E-state index in [2.05, 4.69) is 38.2 Å². The molecule has 0 fully saturated rings. The topological polar surface area (TPSA) is 30.5 Å². The van der Waals surface area contributed by atoms with Gasteiger partial charge in [-0.05, 0) is 36.6 Å². The van der Waals surface area contributed by atoms with Gasteiger partial charge in [-0.25, -0.2) is 0 Å². The molecule has 0 radical (unpaired) electrons. The number of hydrogen-bond donors (Lipinski definition) is 1. The molecule has 19 heavy (non-hydrogen) atoms. The van der Waals surface area contributed by atoms with Crippen LogP contribution in [-0.4, -0.2) is 19.8 Å². The third kappa shape index (κ3) is 3.63. The van der Waals surface area contributed by atoms with Crippen LogP contribution in [-0.2, 0) is 0 Å². The maximum absolute atomic E-state index is 5.77. The molecule has 0 saturated carbocycles. The van der Waals surface area contributed by atoms with E-state index in [1.807, 2.05) is 6.07 Å². The van der Waals surface area contributed by atoms with Crippen LogP contribution in [0.3, 0.4) is 0 Å². The molecule has 0 spiro atoms. The van der Waals surface area contributed by atoms with Crippen LogP contribution in [0.4, 0.5) is 0 Å². The molecule has 0 bridgehead atoms. The summed E-state index contributed by atoms with van der Waals surface area (Å²) < 4.78 is 11.5. The Morgan fingerprint density at radius 1 is 1.16 bits per heavy atom. The summed E-state index contributed by atoms with van der Waals surface area (Å²) >= 11 is 0. The second kappa shape index (κ2) is 6.80. The number of rotatable bonds is 5.